The molecule has 1 aromatic carbocycles. The zero-order chi connectivity index (χ0) is 11.3. The fraction of sp³-hybridized carbons (Fsp3) is 0.300. The van der Waals surface area contributed by atoms with Gasteiger partial charge < -0.3 is 20.9 Å². The number of anilines is 1. The van der Waals surface area contributed by atoms with Crippen molar-refractivity contribution in [1.82, 2.24) is 5.32 Å². The van der Waals surface area contributed by atoms with Crippen molar-refractivity contribution in [2.75, 3.05) is 26.0 Å². The van der Waals surface area contributed by atoms with Crippen molar-refractivity contribution in [3.05, 3.63) is 23.8 Å². The summed E-state index contributed by atoms with van der Waals surface area (Å²) in [4.78, 5) is 11.5. The molecular formula is C10H14N2O3. The number of nitrogens with one attached hydrogen (secondary N) is 1. The van der Waals surface area contributed by atoms with E-state index in [1.807, 2.05) is 0 Å². The van der Waals surface area contributed by atoms with Crippen LogP contribution in [0.15, 0.2) is 18.2 Å². The van der Waals surface area contributed by atoms with E-state index in [-0.39, 0.29) is 17.3 Å². The maximum atomic E-state index is 11.5. The van der Waals surface area contributed by atoms with E-state index in [9.17, 15) is 9.90 Å². The van der Waals surface area contributed by atoms with Gasteiger partial charge in [-0.15, -0.1) is 0 Å². The van der Waals surface area contributed by atoms with Gasteiger partial charge in [0.15, 0.2) is 0 Å². The van der Waals surface area contributed by atoms with Gasteiger partial charge in [0.05, 0.1) is 12.3 Å². The number of phenols is 1. The molecule has 1 aromatic rings. The molecule has 15 heavy (non-hydrogen) atoms. The van der Waals surface area contributed by atoms with Crippen LogP contribution in [0.4, 0.5) is 5.69 Å². The first-order valence-corrected chi connectivity index (χ1v) is 4.50. The van der Waals surface area contributed by atoms with E-state index < -0.39 is 0 Å². The van der Waals surface area contributed by atoms with Crippen LogP contribution in [0.25, 0.3) is 0 Å². The summed E-state index contributed by atoms with van der Waals surface area (Å²) in [6, 6.07) is 4.37. The van der Waals surface area contributed by atoms with E-state index >= 15 is 0 Å². The molecule has 0 fully saturated rings. The maximum Gasteiger partial charge on any atom is 0.251 e. The Morgan fingerprint density at radius 2 is 2.33 bits per heavy atom. The topological polar surface area (TPSA) is 84.6 Å². The number of rotatable bonds is 4. The normalized spacial score (nSPS) is 9.93. The second-order valence-electron chi connectivity index (χ2n) is 3.02. The molecule has 1 rings (SSSR count). The van der Waals surface area contributed by atoms with Crippen molar-refractivity contribution < 1.29 is 14.6 Å². The molecule has 0 aliphatic heterocycles. The summed E-state index contributed by atoms with van der Waals surface area (Å²) in [6.45, 7) is 0.882. The van der Waals surface area contributed by atoms with Crippen LogP contribution in [-0.4, -0.2) is 31.3 Å². The molecule has 82 valence electrons. The number of hydrogen-bond donors (Lipinski definition) is 3. The molecule has 0 bridgehead atoms. The summed E-state index contributed by atoms with van der Waals surface area (Å²) >= 11 is 0. The number of ether oxygens (including phenoxy) is 1. The summed E-state index contributed by atoms with van der Waals surface area (Å²) in [5, 5.41) is 11.9. The van der Waals surface area contributed by atoms with Gasteiger partial charge in [-0.3, -0.25) is 4.79 Å². The van der Waals surface area contributed by atoms with E-state index in [1.54, 1.807) is 13.2 Å². The van der Waals surface area contributed by atoms with Crippen LogP contribution < -0.4 is 11.1 Å². The lowest BCUT2D eigenvalue weighted by atomic mass is 10.2. The molecule has 0 aromatic heterocycles. The number of methoxy groups -OCH3 is 1. The molecule has 5 nitrogen and oxygen atoms in total. The van der Waals surface area contributed by atoms with E-state index in [1.165, 1.54) is 12.1 Å². The predicted molar refractivity (Wildman–Crippen MR) is 56.7 cm³/mol. The quantitative estimate of drug-likeness (QED) is 0.380. The van der Waals surface area contributed by atoms with Gasteiger partial charge in [0.25, 0.3) is 5.91 Å². The zero-order valence-electron chi connectivity index (χ0n) is 8.49. The van der Waals surface area contributed by atoms with E-state index in [4.69, 9.17) is 10.5 Å². The van der Waals surface area contributed by atoms with Gasteiger partial charge in [0, 0.05) is 19.2 Å². The van der Waals surface area contributed by atoms with Gasteiger partial charge in [-0.05, 0) is 18.2 Å². The van der Waals surface area contributed by atoms with E-state index in [0.717, 1.165) is 0 Å². The van der Waals surface area contributed by atoms with Crippen LogP contribution in [0.5, 0.6) is 5.75 Å². The third-order valence-corrected chi connectivity index (χ3v) is 1.88. The summed E-state index contributed by atoms with van der Waals surface area (Å²) in [7, 11) is 1.56. The zero-order valence-corrected chi connectivity index (χ0v) is 8.49. The van der Waals surface area contributed by atoms with Crippen LogP contribution in [0.1, 0.15) is 10.4 Å². The van der Waals surface area contributed by atoms with Gasteiger partial charge in [-0.1, -0.05) is 0 Å². The van der Waals surface area contributed by atoms with Crippen LogP contribution in [0.3, 0.4) is 0 Å². The van der Waals surface area contributed by atoms with Crippen molar-refractivity contribution in [3.8, 4) is 5.75 Å². The Balaban J connectivity index is 2.62. The Morgan fingerprint density at radius 3 is 2.93 bits per heavy atom. The highest BCUT2D eigenvalue weighted by atomic mass is 16.5. The highest BCUT2D eigenvalue weighted by Gasteiger charge is 2.06. The number of benzene rings is 1. The summed E-state index contributed by atoms with van der Waals surface area (Å²) < 4.78 is 4.79. The molecule has 0 spiro atoms. The number of hydrogen-bond acceptors (Lipinski definition) is 4. The van der Waals surface area contributed by atoms with Crippen LogP contribution in [0, 0.1) is 0 Å². The van der Waals surface area contributed by atoms with Gasteiger partial charge in [0.1, 0.15) is 5.75 Å². The number of nitrogen functional groups attached to an aromatic ring is 1. The molecule has 0 aliphatic rings. The highest BCUT2D eigenvalue weighted by molar-refractivity contribution is 5.95. The molecule has 5 heteroatoms. The highest BCUT2D eigenvalue weighted by Crippen LogP contribution is 2.20. The third kappa shape index (κ3) is 3.14. The average Bonchev–Trinajstić information content (AvgIpc) is 2.22. The Bertz CT molecular complexity index is 353. The Morgan fingerprint density at radius 1 is 1.60 bits per heavy atom. The monoisotopic (exact) mass is 210 g/mol. The third-order valence-electron chi connectivity index (χ3n) is 1.88. The Labute approximate surface area is 87.9 Å². The summed E-state index contributed by atoms with van der Waals surface area (Å²) in [6.07, 6.45) is 0. The number of phenolic OH excluding ortho intramolecular Hbond substituents is 1. The van der Waals surface area contributed by atoms with Crippen LogP contribution in [-0.2, 0) is 4.74 Å². The van der Waals surface area contributed by atoms with Gasteiger partial charge in [0.2, 0.25) is 0 Å². The first kappa shape index (κ1) is 11.3. The average molecular weight is 210 g/mol. The molecule has 1 amide bonds. The maximum absolute atomic E-state index is 11.5. The Kier molecular flexibility index (Phi) is 3.93. The molecule has 0 aliphatic carbocycles. The van der Waals surface area contributed by atoms with Crippen molar-refractivity contribution in [2.45, 2.75) is 0 Å². The van der Waals surface area contributed by atoms with E-state index in [0.29, 0.717) is 18.7 Å². The minimum Gasteiger partial charge on any atom is -0.506 e. The first-order chi connectivity index (χ1) is 7.15. The number of aromatic hydroxyl groups is 1. The molecule has 0 atom stereocenters. The standard InChI is InChI=1S/C10H14N2O3/c1-15-5-4-12-10(14)7-2-3-8(11)9(13)6-7/h2-3,6,13H,4-5,11H2,1H3,(H,12,14). The van der Waals surface area contributed by atoms with Gasteiger partial charge in [-0.25, -0.2) is 0 Å². The second-order valence-corrected chi connectivity index (χ2v) is 3.02. The number of carbonyl (C=O) groups excluding carboxylic acids is 1. The molecule has 0 unspecified atom stereocenters. The predicted octanol–water partition coefficient (Wildman–Crippen LogP) is 0.351. The first-order valence-electron chi connectivity index (χ1n) is 4.50. The minimum absolute atomic E-state index is 0.0885. The summed E-state index contributed by atoms with van der Waals surface area (Å²) in [5.41, 5.74) is 6.03. The van der Waals surface area contributed by atoms with Crippen LogP contribution in [0.2, 0.25) is 0 Å². The van der Waals surface area contributed by atoms with Crippen molar-refractivity contribution in [3.63, 3.8) is 0 Å². The number of carbonyl (C=O) groups is 1. The molecule has 0 saturated carbocycles. The minimum atomic E-state index is -0.262. The fourth-order valence-corrected chi connectivity index (χ4v) is 1.05. The Hall–Kier alpha value is -1.75. The SMILES string of the molecule is COCCNC(=O)c1ccc(N)c(O)c1. The van der Waals surface area contributed by atoms with Crippen molar-refractivity contribution >= 4 is 11.6 Å². The lowest BCUT2D eigenvalue weighted by Gasteiger charge is -2.05. The molecular weight excluding hydrogens is 196 g/mol. The fourth-order valence-electron chi connectivity index (χ4n) is 1.05. The van der Waals surface area contributed by atoms with Crippen LogP contribution >= 0.6 is 0 Å². The molecule has 4 N–H and O–H groups in total. The lowest BCUT2D eigenvalue weighted by Crippen LogP contribution is -2.26. The molecule has 0 saturated heterocycles. The number of amides is 1. The lowest BCUT2D eigenvalue weighted by molar-refractivity contribution is 0.0937. The van der Waals surface area contributed by atoms with E-state index in [2.05, 4.69) is 5.32 Å². The molecule has 0 heterocycles. The largest absolute Gasteiger partial charge is 0.506 e. The molecule has 0 radical (unpaired) electrons. The summed E-state index contributed by atoms with van der Waals surface area (Å²) in [5.74, 6) is -0.350. The smallest absolute Gasteiger partial charge is 0.251 e. The van der Waals surface area contributed by atoms with Gasteiger partial charge >= 0.3 is 0 Å². The number of nitrogens with two attached hydrogens (primary N) is 1. The van der Waals surface area contributed by atoms with Crippen molar-refractivity contribution in [1.29, 1.82) is 0 Å². The second kappa shape index (κ2) is 5.21. The van der Waals surface area contributed by atoms with Gasteiger partial charge in [-0.2, -0.15) is 0 Å². The van der Waals surface area contributed by atoms with Crippen molar-refractivity contribution in [2.24, 2.45) is 0 Å².